The molecule has 282 valence electrons. The lowest BCUT2D eigenvalue weighted by molar-refractivity contribution is -0.140. The number of hydrogen-bond acceptors (Lipinski definition) is 6. The summed E-state index contributed by atoms with van der Waals surface area (Å²) in [6.07, 6.45) is 6.56. The Morgan fingerprint density at radius 3 is 2.00 bits per heavy atom. The van der Waals surface area contributed by atoms with Crippen molar-refractivity contribution in [1.29, 1.82) is 5.41 Å². The molecule has 2 N–H and O–H groups in total. The lowest BCUT2D eigenvalue weighted by Gasteiger charge is -2.35. The van der Waals surface area contributed by atoms with Gasteiger partial charge in [-0.3, -0.25) is 19.8 Å². The van der Waals surface area contributed by atoms with Crippen LogP contribution in [0.4, 0.5) is 4.79 Å². The molecule has 0 saturated carbocycles. The Morgan fingerprint density at radius 1 is 0.870 bits per heavy atom. The number of fused-ring (bicyclic) bond motifs is 2. The van der Waals surface area contributed by atoms with Gasteiger partial charge in [-0.15, -0.1) is 0 Å². The van der Waals surface area contributed by atoms with Crippen LogP contribution in [0.5, 0.6) is 0 Å². The second kappa shape index (κ2) is 17.4. The zero-order chi connectivity index (χ0) is 39.0. The number of carbonyl (C=O) groups excluding carboxylic acids is 4. The fourth-order valence-electron chi connectivity index (χ4n) is 6.67. The lowest BCUT2D eigenvalue weighted by atomic mass is 9.95. The van der Waals surface area contributed by atoms with Crippen LogP contribution >= 0.6 is 0 Å². The molecule has 1 heterocycles. The average Bonchev–Trinajstić information content (AvgIpc) is 3.14. The summed E-state index contributed by atoms with van der Waals surface area (Å²) in [5.41, 5.74) is 1.42. The van der Waals surface area contributed by atoms with Gasteiger partial charge in [-0.1, -0.05) is 97.1 Å². The van der Waals surface area contributed by atoms with Crippen LogP contribution in [0, 0.1) is 11.3 Å². The number of benzene rings is 4. The molecular weight excluding hydrogens is 679 g/mol. The minimum Gasteiger partial charge on any atom is -0.444 e. The number of allylic oxidation sites excluding steroid dienone is 3. The maximum absolute atomic E-state index is 14.5. The van der Waals surface area contributed by atoms with Gasteiger partial charge in [0.1, 0.15) is 17.3 Å². The van der Waals surface area contributed by atoms with Crippen LogP contribution in [0.3, 0.4) is 0 Å². The van der Waals surface area contributed by atoms with Gasteiger partial charge in [0.05, 0.1) is 5.84 Å². The van der Waals surface area contributed by atoms with Crippen molar-refractivity contribution in [3.63, 3.8) is 0 Å². The van der Waals surface area contributed by atoms with Crippen molar-refractivity contribution in [3.05, 3.63) is 120 Å². The summed E-state index contributed by atoms with van der Waals surface area (Å²) in [6, 6.07) is 27.3. The smallest absolute Gasteiger partial charge is 0.410 e. The number of likely N-dealkylation sites (N-methyl/N-ethyl adjacent to an activating group) is 2. The zero-order valence-electron chi connectivity index (χ0n) is 32.1. The average molecular weight is 730 g/mol. The molecule has 0 aliphatic carbocycles. The predicted octanol–water partition coefficient (Wildman–Crippen LogP) is 7.26. The molecular formula is C44H51N5O5. The maximum atomic E-state index is 14.5. The second-order valence-corrected chi connectivity index (χ2v) is 14.9. The molecule has 4 aromatic carbocycles. The van der Waals surface area contributed by atoms with Crippen molar-refractivity contribution >= 4 is 51.2 Å². The molecule has 1 atom stereocenters. The first-order valence-corrected chi connectivity index (χ1v) is 18.4. The maximum Gasteiger partial charge on any atom is 0.410 e. The first-order valence-electron chi connectivity index (χ1n) is 18.4. The van der Waals surface area contributed by atoms with Gasteiger partial charge in [-0.05, 0) is 85.7 Å². The number of nitrogens with zero attached hydrogens (tertiary/aromatic N) is 3. The van der Waals surface area contributed by atoms with E-state index in [1.54, 1.807) is 31.1 Å². The molecule has 0 unspecified atom stereocenters. The van der Waals surface area contributed by atoms with Gasteiger partial charge in [0.2, 0.25) is 11.8 Å². The Bertz CT molecular complexity index is 2090. The van der Waals surface area contributed by atoms with Crippen LogP contribution in [0.25, 0.3) is 21.5 Å². The van der Waals surface area contributed by atoms with E-state index in [-0.39, 0.29) is 23.9 Å². The standard InChI is InChI=1S/C44H51N5O5/c1-30(45)46-40(50)39(29-32-20-22-34-15-9-11-17-37(34)28-32)48(6)42(52)38(18-12-7-13-31-19-21-33-14-8-10-16-36(33)27-31)47(5)41(51)35-23-25-49(26-24-35)43(53)54-44(2,3)4/h7-12,14-22,27-28,35,39H,13,23-26,29H2,1-6H3,(H2,45,46,50)/b12-7+,38-18+/t39-/m1/s1. The third-order valence-electron chi connectivity index (χ3n) is 9.61. The summed E-state index contributed by atoms with van der Waals surface area (Å²) < 4.78 is 5.53. The minimum absolute atomic E-state index is 0.0400. The van der Waals surface area contributed by atoms with Crippen molar-refractivity contribution in [3.8, 4) is 0 Å². The van der Waals surface area contributed by atoms with Gasteiger partial charge >= 0.3 is 6.09 Å². The summed E-state index contributed by atoms with van der Waals surface area (Å²) in [4.78, 5) is 59.2. The van der Waals surface area contributed by atoms with Gasteiger partial charge < -0.3 is 24.8 Å². The molecule has 0 aromatic heterocycles. The molecule has 4 amide bonds. The van der Waals surface area contributed by atoms with E-state index in [2.05, 4.69) is 35.6 Å². The Morgan fingerprint density at radius 2 is 1.43 bits per heavy atom. The summed E-state index contributed by atoms with van der Waals surface area (Å²) in [6.45, 7) is 7.63. The summed E-state index contributed by atoms with van der Waals surface area (Å²) in [5, 5.41) is 14.9. The first kappa shape index (κ1) is 39.4. The molecule has 54 heavy (non-hydrogen) atoms. The van der Waals surface area contributed by atoms with Crippen LogP contribution in [0.1, 0.15) is 51.7 Å². The molecule has 0 radical (unpaired) electrons. The topological polar surface area (TPSA) is 123 Å². The lowest BCUT2D eigenvalue weighted by Crippen LogP contribution is -2.52. The predicted molar refractivity (Wildman–Crippen MR) is 214 cm³/mol. The van der Waals surface area contributed by atoms with Gasteiger partial charge in [0, 0.05) is 39.5 Å². The normalized spacial score (nSPS) is 14.6. The van der Waals surface area contributed by atoms with Crippen molar-refractivity contribution in [2.75, 3.05) is 27.2 Å². The third kappa shape index (κ3) is 10.2. The van der Waals surface area contributed by atoms with Crippen molar-refractivity contribution in [1.82, 2.24) is 20.0 Å². The molecule has 4 aromatic rings. The molecule has 0 bridgehead atoms. The molecule has 1 aliphatic rings. The molecule has 10 nitrogen and oxygen atoms in total. The first-order chi connectivity index (χ1) is 25.7. The SMILES string of the molecule is CC(=N)NC(=O)[C@@H](Cc1ccc2ccccc2c1)N(C)C(=O)/C(=C\C=C\Cc1ccc2ccccc2c1)N(C)C(=O)C1CCN(C(=O)OC(C)(C)C)CC1. The highest BCUT2D eigenvalue weighted by atomic mass is 16.6. The Kier molecular flexibility index (Phi) is 12.7. The van der Waals surface area contributed by atoms with E-state index in [1.165, 1.54) is 16.7 Å². The number of amidine groups is 1. The van der Waals surface area contributed by atoms with Crippen LogP contribution in [-0.4, -0.2) is 83.2 Å². The van der Waals surface area contributed by atoms with Crippen LogP contribution in [-0.2, 0) is 32.0 Å². The number of amides is 4. The second-order valence-electron chi connectivity index (χ2n) is 14.9. The number of piperidine rings is 1. The number of likely N-dealkylation sites (tertiary alicyclic amines) is 1. The van der Waals surface area contributed by atoms with E-state index in [0.29, 0.717) is 32.4 Å². The molecule has 10 heteroatoms. The third-order valence-corrected chi connectivity index (χ3v) is 9.61. The summed E-state index contributed by atoms with van der Waals surface area (Å²) in [5.74, 6) is -1.73. The van der Waals surface area contributed by atoms with E-state index in [0.717, 1.165) is 32.7 Å². The number of hydrogen-bond donors (Lipinski definition) is 2. The van der Waals surface area contributed by atoms with Crippen molar-refractivity contribution in [2.24, 2.45) is 5.92 Å². The monoisotopic (exact) mass is 729 g/mol. The van der Waals surface area contributed by atoms with Crippen LogP contribution in [0.15, 0.2) is 109 Å². The Labute approximate surface area is 317 Å². The largest absolute Gasteiger partial charge is 0.444 e. The zero-order valence-corrected chi connectivity index (χ0v) is 32.1. The van der Waals surface area contributed by atoms with Gasteiger partial charge in [-0.25, -0.2) is 4.79 Å². The minimum atomic E-state index is -0.982. The van der Waals surface area contributed by atoms with E-state index >= 15 is 0 Å². The van der Waals surface area contributed by atoms with E-state index in [1.807, 2.05) is 81.4 Å². The Hall–Kier alpha value is -5.77. The molecule has 5 rings (SSSR count). The number of rotatable bonds is 10. The van der Waals surface area contributed by atoms with Gasteiger partial charge in [0.15, 0.2) is 0 Å². The molecule has 1 aliphatic heterocycles. The number of ether oxygens (including phenoxy) is 1. The number of carbonyl (C=O) groups is 4. The van der Waals surface area contributed by atoms with Gasteiger partial charge in [0.25, 0.3) is 5.91 Å². The number of nitrogens with one attached hydrogen (secondary N) is 2. The molecule has 1 fully saturated rings. The summed E-state index contributed by atoms with van der Waals surface area (Å²) >= 11 is 0. The fourth-order valence-corrected chi connectivity index (χ4v) is 6.67. The van der Waals surface area contributed by atoms with Crippen molar-refractivity contribution in [2.45, 2.75) is 65.0 Å². The van der Waals surface area contributed by atoms with Crippen LogP contribution in [0.2, 0.25) is 0 Å². The van der Waals surface area contributed by atoms with E-state index < -0.39 is 35.5 Å². The highest BCUT2D eigenvalue weighted by Gasteiger charge is 2.35. The van der Waals surface area contributed by atoms with E-state index in [4.69, 9.17) is 10.1 Å². The summed E-state index contributed by atoms with van der Waals surface area (Å²) in [7, 11) is 3.13. The van der Waals surface area contributed by atoms with Gasteiger partial charge in [-0.2, -0.15) is 0 Å². The van der Waals surface area contributed by atoms with E-state index in [9.17, 15) is 19.2 Å². The molecule has 0 spiro atoms. The highest BCUT2D eigenvalue weighted by Crippen LogP contribution is 2.25. The Balaban J connectivity index is 1.40. The molecule has 1 saturated heterocycles. The fraction of sp³-hybridized carbons (Fsp3) is 0.341. The highest BCUT2D eigenvalue weighted by molar-refractivity contribution is 6.03. The quantitative estimate of drug-likeness (QED) is 0.0770. The van der Waals surface area contributed by atoms with Crippen molar-refractivity contribution < 1.29 is 23.9 Å². The van der Waals surface area contributed by atoms with Crippen LogP contribution < -0.4 is 5.32 Å².